The summed E-state index contributed by atoms with van der Waals surface area (Å²) in [6, 6.07) is 9.77. The Morgan fingerprint density at radius 1 is 1.38 bits per heavy atom. The highest BCUT2D eigenvalue weighted by Crippen LogP contribution is 2.19. The average molecular weight is 229 g/mol. The van der Waals surface area contributed by atoms with Crippen molar-refractivity contribution in [3.05, 3.63) is 46.4 Å². The lowest BCUT2D eigenvalue weighted by molar-refractivity contribution is 0.950. The quantitative estimate of drug-likeness (QED) is 0.879. The predicted molar refractivity (Wildman–Crippen MR) is 65.3 cm³/mol. The van der Waals surface area contributed by atoms with Gasteiger partial charge < -0.3 is 5.32 Å². The molecular weight excluding hydrogens is 218 g/mol. The lowest BCUT2D eigenvalue weighted by Crippen LogP contribution is -2.08. The van der Waals surface area contributed by atoms with Crippen LogP contribution >= 0.6 is 11.3 Å². The van der Waals surface area contributed by atoms with Crippen molar-refractivity contribution in [3.8, 4) is 6.07 Å². The Kier molecular flexibility index (Phi) is 3.18. The van der Waals surface area contributed by atoms with Crippen molar-refractivity contribution < 1.29 is 0 Å². The van der Waals surface area contributed by atoms with Crippen LogP contribution in [-0.2, 0) is 0 Å². The molecule has 0 saturated carbocycles. The van der Waals surface area contributed by atoms with Gasteiger partial charge in [-0.1, -0.05) is 17.7 Å². The molecule has 0 fully saturated rings. The Bertz CT molecular complexity index is 482. The number of aryl methyl sites for hydroxylation is 1. The van der Waals surface area contributed by atoms with Crippen LogP contribution in [0.4, 0.5) is 5.69 Å². The normalized spacial score (nSPS) is 11.8. The second-order valence-corrected chi connectivity index (χ2v) is 4.20. The Hall–Kier alpha value is -1.86. The minimum absolute atomic E-state index is 0.381. The molecule has 16 heavy (non-hydrogen) atoms. The van der Waals surface area contributed by atoms with Crippen LogP contribution in [-0.4, -0.2) is 4.98 Å². The average Bonchev–Trinajstić information content (AvgIpc) is 2.82. The van der Waals surface area contributed by atoms with E-state index >= 15 is 0 Å². The summed E-state index contributed by atoms with van der Waals surface area (Å²) in [4.78, 5) is 4.13. The van der Waals surface area contributed by atoms with Crippen molar-refractivity contribution in [3.63, 3.8) is 0 Å². The number of hydrogen-bond donors (Lipinski definition) is 1. The summed E-state index contributed by atoms with van der Waals surface area (Å²) in [6.45, 7) is 2.03. The van der Waals surface area contributed by atoms with Gasteiger partial charge in [0.15, 0.2) is 6.04 Å². The van der Waals surface area contributed by atoms with E-state index in [2.05, 4.69) is 16.4 Å². The maximum Gasteiger partial charge on any atom is 0.158 e. The van der Waals surface area contributed by atoms with E-state index in [0.29, 0.717) is 0 Å². The zero-order chi connectivity index (χ0) is 11.4. The zero-order valence-corrected chi connectivity index (χ0v) is 9.66. The molecule has 1 heterocycles. The first kappa shape index (κ1) is 10.7. The molecule has 2 aromatic rings. The fourth-order valence-electron chi connectivity index (χ4n) is 1.35. The lowest BCUT2D eigenvalue weighted by atomic mass is 10.2. The highest BCUT2D eigenvalue weighted by molar-refractivity contribution is 7.07. The van der Waals surface area contributed by atoms with Crippen molar-refractivity contribution in [2.45, 2.75) is 13.0 Å². The minimum atomic E-state index is -0.381. The van der Waals surface area contributed by atoms with E-state index in [1.54, 1.807) is 5.51 Å². The number of hydrogen-bond acceptors (Lipinski definition) is 4. The first-order valence-corrected chi connectivity index (χ1v) is 5.85. The van der Waals surface area contributed by atoms with Gasteiger partial charge in [-0.2, -0.15) is 5.26 Å². The van der Waals surface area contributed by atoms with Gasteiger partial charge in [0.1, 0.15) is 0 Å². The molecule has 1 aromatic heterocycles. The standard InChI is InChI=1S/C12H11N3S/c1-9-2-4-10(5-3-9)15-11(6-13)12-7-16-8-14-12/h2-5,7-8,11,15H,1H3. The molecule has 1 atom stereocenters. The van der Waals surface area contributed by atoms with Crippen molar-refractivity contribution in [1.29, 1.82) is 5.26 Å². The van der Waals surface area contributed by atoms with Crippen LogP contribution in [0.1, 0.15) is 17.3 Å². The van der Waals surface area contributed by atoms with Crippen LogP contribution < -0.4 is 5.32 Å². The van der Waals surface area contributed by atoms with Crippen LogP contribution in [0.25, 0.3) is 0 Å². The van der Waals surface area contributed by atoms with Gasteiger partial charge in [-0.05, 0) is 19.1 Å². The maximum atomic E-state index is 9.07. The van der Waals surface area contributed by atoms with Gasteiger partial charge >= 0.3 is 0 Å². The van der Waals surface area contributed by atoms with Crippen molar-refractivity contribution in [2.24, 2.45) is 0 Å². The van der Waals surface area contributed by atoms with E-state index < -0.39 is 0 Å². The Morgan fingerprint density at radius 3 is 2.69 bits per heavy atom. The molecule has 1 aromatic carbocycles. The molecule has 1 N–H and O–H groups in total. The summed E-state index contributed by atoms with van der Waals surface area (Å²) in [5.41, 5.74) is 4.64. The molecule has 4 heteroatoms. The molecule has 2 rings (SSSR count). The number of aromatic nitrogens is 1. The van der Waals surface area contributed by atoms with Crippen LogP contribution in [0.3, 0.4) is 0 Å². The second-order valence-electron chi connectivity index (χ2n) is 3.49. The Morgan fingerprint density at radius 2 is 2.12 bits per heavy atom. The molecule has 0 aliphatic heterocycles. The van der Waals surface area contributed by atoms with Gasteiger partial charge in [0.25, 0.3) is 0 Å². The van der Waals surface area contributed by atoms with E-state index in [-0.39, 0.29) is 6.04 Å². The molecule has 0 bridgehead atoms. The number of nitrogens with one attached hydrogen (secondary N) is 1. The third kappa shape index (κ3) is 2.38. The monoisotopic (exact) mass is 229 g/mol. The maximum absolute atomic E-state index is 9.07. The number of nitriles is 1. The predicted octanol–water partition coefficient (Wildman–Crippen LogP) is 3.13. The molecule has 0 aliphatic rings. The topological polar surface area (TPSA) is 48.7 Å². The molecule has 0 spiro atoms. The van der Waals surface area contributed by atoms with Crippen molar-refractivity contribution in [2.75, 3.05) is 5.32 Å². The van der Waals surface area contributed by atoms with Gasteiger partial charge in [-0.25, -0.2) is 4.98 Å². The molecule has 0 aliphatic carbocycles. The smallest absolute Gasteiger partial charge is 0.158 e. The van der Waals surface area contributed by atoms with Gasteiger partial charge in [-0.15, -0.1) is 11.3 Å². The van der Waals surface area contributed by atoms with Gasteiger partial charge in [0.2, 0.25) is 0 Å². The third-order valence-electron chi connectivity index (χ3n) is 2.24. The number of rotatable bonds is 3. The minimum Gasteiger partial charge on any atom is -0.365 e. The number of thiazole rings is 1. The summed E-state index contributed by atoms with van der Waals surface area (Å²) in [7, 11) is 0. The fourth-order valence-corrected chi connectivity index (χ4v) is 1.93. The van der Waals surface area contributed by atoms with Gasteiger partial charge in [0.05, 0.1) is 17.3 Å². The van der Waals surface area contributed by atoms with E-state index in [1.165, 1.54) is 16.9 Å². The molecule has 0 amide bonds. The molecule has 0 radical (unpaired) electrons. The molecule has 1 unspecified atom stereocenters. The summed E-state index contributed by atoms with van der Waals surface area (Å²) < 4.78 is 0. The van der Waals surface area contributed by atoms with E-state index in [0.717, 1.165) is 11.4 Å². The first-order valence-electron chi connectivity index (χ1n) is 4.90. The molecule has 3 nitrogen and oxygen atoms in total. The summed E-state index contributed by atoms with van der Waals surface area (Å²) in [5.74, 6) is 0. The largest absolute Gasteiger partial charge is 0.365 e. The number of anilines is 1. The van der Waals surface area contributed by atoms with E-state index in [1.807, 2.05) is 36.6 Å². The van der Waals surface area contributed by atoms with Gasteiger partial charge in [0, 0.05) is 11.1 Å². The SMILES string of the molecule is Cc1ccc(NC(C#N)c2cscn2)cc1. The highest BCUT2D eigenvalue weighted by atomic mass is 32.1. The number of nitrogens with zero attached hydrogens (tertiary/aromatic N) is 2. The summed E-state index contributed by atoms with van der Waals surface area (Å²) in [5, 5.41) is 14.1. The highest BCUT2D eigenvalue weighted by Gasteiger charge is 2.11. The van der Waals surface area contributed by atoms with Crippen LogP contribution in [0, 0.1) is 18.3 Å². The van der Waals surface area contributed by atoms with Crippen molar-refractivity contribution >= 4 is 17.0 Å². The van der Waals surface area contributed by atoms with E-state index in [9.17, 15) is 0 Å². The van der Waals surface area contributed by atoms with E-state index in [4.69, 9.17) is 5.26 Å². The lowest BCUT2D eigenvalue weighted by Gasteiger charge is -2.10. The van der Waals surface area contributed by atoms with Crippen LogP contribution in [0.15, 0.2) is 35.2 Å². The van der Waals surface area contributed by atoms with Crippen LogP contribution in [0.5, 0.6) is 0 Å². The fraction of sp³-hybridized carbons (Fsp3) is 0.167. The van der Waals surface area contributed by atoms with Gasteiger partial charge in [-0.3, -0.25) is 0 Å². The van der Waals surface area contributed by atoms with Crippen molar-refractivity contribution in [1.82, 2.24) is 4.98 Å². The summed E-state index contributed by atoms with van der Waals surface area (Å²) >= 11 is 1.49. The molecular formula is C12H11N3S. The third-order valence-corrected chi connectivity index (χ3v) is 2.84. The number of benzene rings is 1. The summed E-state index contributed by atoms with van der Waals surface area (Å²) in [6.07, 6.45) is 0. The molecule has 0 saturated heterocycles. The zero-order valence-electron chi connectivity index (χ0n) is 8.84. The Labute approximate surface area is 98.4 Å². The van der Waals surface area contributed by atoms with Crippen LogP contribution in [0.2, 0.25) is 0 Å². The first-order chi connectivity index (χ1) is 7.79. The molecule has 80 valence electrons. The second kappa shape index (κ2) is 4.77. The Balaban J connectivity index is 2.14.